The second kappa shape index (κ2) is 5.40. The third-order valence-electron chi connectivity index (χ3n) is 2.74. The topological polar surface area (TPSA) is 105 Å². The van der Waals surface area contributed by atoms with Crippen LogP contribution in [-0.4, -0.2) is 23.2 Å². The van der Waals surface area contributed by atoms with Crippen molar-refractivity contribution in [3.63, 3.8) is 0 Å². The average molecular weight is 274 g/mol. The van der Waals surface area contributed by atoms with Gasteiger partial charge < -0.3 is 26.0 Å². The first kappa shape index (κ1) is 13.5. The van der Waals surface area contributed by atoms with Gasteiger partial charge in [0.15, 0.2) is 11.5 Å². The molecule has 2 aromatic carbocycles. The zero-order valence-corrected chi connectivity index (χ0v) is 10.8. The molecule has 5 N–H and O–H groups in total. The lowest BCUT2D eigenvalue weighted by Gasteiger charge is -2.10. The Morgan fingerprint density at radius 1 is 1.15 bits per heavy atom. The van der Waals surface area contributed by atoms with Gasteiger partial charge in [-0.25, -0.2) is 0 Å². The SMILES string of the molecule is COc1ccc(NC(=O)c2ccc(O)c(O)c2)c(N)c1. The number of methoxy groups -OCH3 is 1. The van der Waals surface area contributed by atoms with Gasteiger partial charge in [-0.05, 0) is 30.3 Å². The zero-order chi connectivity index (χ0) is 14.7. The summed E-state index contributed by atoms with van der Waals surface area (Å²) in [6.07, 6.45) is 0. The number of anilines is 2. The number of rotatable bonds is 3. The number of benzene rings is 2. The third-order valence-corrected chi connectivity index (χ3v) is 2.74. The summed E-state index contributed by atoms with van der Waals surface area (Å²) in [4.78, 5) is 12.0. The molecule has 0 bridgehead atoms. The molecule has 0 radical (unpaired) electrons. The lowest BCUT2D eigenvalue weighted by molar-refractivity contribution is 0.102. The van der Waals surface area contributed by atoms with E-state index in [0.29, 0.717) is 17.1 Å². The summed E-state index contributed by atoms with van der Waals surface area (Å²) in [7, 11) is 1.52. The second-order valence-electron chi connectivity index (χ2n) is 4.11. The van der Waals surface area contributed by atoms with E-state index in [2.05, 4.69) is 5.32 Å². The number of hydrogen-bond acceptors (Lipinski definition) is 5. The first-order valence-corrected chi connectivity index (χ1v) is 5.78. The Bertz CT molecular complexity index is 656. The van der Waals surface area contributed by atoms with Crippen LogP contribution in [0.25, 0.3) is 0 Å². The van der Waals surface area contributed by atoms with E-state index < -0.39 is 5.91 Å². The zero-order valence-electron chi connectivity index (χ0n) is 10.8. The van der Waals surface area contributed by atoms with E-state index >= 15 is 0 Å². The lowest BCUT2D eigenvalue weighted by atomic mass is 10.1. The number of aromatic hydroxyl groups is 2. The highest BCUT2D eigenvalue weighted by Crippen LogP contribution is 2.27. The Morgan fingerprint density at radius 2 is 1.90 bits per heavy atom. The Balaban J connectivity index is 2.21. The van der Waals surface area contributed by atoms with E-state index in [0.717, 1.165) is 0 Å². The van der Waals surface area contributed by atoms with Crippen LogP contribution < -0.4 is 15.8 Å². The minimum absolute atomic E-state index is 0.204. The number of nitrogens with one attached hydrogen (secondary N) is 1. The summed E-state index contributed by atoms with van der Waals surface area (Å²) in [6, 6.07) is 8.67. The summed E-state index contributed by atoms with van der Waals surface area (Å²) < 4.78 is 5.01. The van der Waals surface area contributed by atoms with Gasteiger partial charge in [-0.1, -0.05) is 0 Å². The van der Waals surface area contributed by atoms with Crippen molar-refractivity contribution in [2.45, 2.75) is 0 Å². The number of ether oxygens (including phenoxy) is 1. The fourth-order valence-electron chi connectivity index (χ4n) is 1.64. The normalized spacial score (nSPS) is 10.1. The van der Waals surface area contributed by atoms with Crippen molar-refractivity contribution in [3.8, 4) is 17.2 Å². The standard InChI is InChI=1S/C14H14N2O4/c1-20-9-3-4-11(10(15)7-9)16-14(19)8-2-5-12(17)13(18)6-8/h2-7,17-18H,15H2,1H3,(H,16,19). The number of hydrogen-bond donors (Lipinski definition) is 4. The highest BCUT2D eigenvalue weighted by molar-refractivity contribution is 6.06. The maximum atomic E-state index is 12.0. The predicted octanol–water partition coefficient (Wildman–Crippen LogP) is 1.94. The highest BCUT2D eigenvalue weighted by Gasteiger charge is 2.11. The number of carbonyl (C=O) groups is 1. The molecule has 0 heterocycles. The number of nitrogens with two attached hydrogens (primary N) is 1. The van der Waals surface area contributed by atoms with Gasteiger partial charge in [-0.15, -0.1) is 0 Å². The monoisotopic (exact) mass is 274 g/mol. The maximum absolute atomic E-state index is 12.0. The largest absolute Gasteiger partial charge is 0.504 e. The summed E-state index contributed by atoms with van der Waals surface area (Å²) in [5.74, 6) is -0.509. The molecule has 0 aliphatic carbocycles. The van der Waals surface area contributed by atoms with Crippen LogP contribution in [0.5, 0.6) is 17.2 Å². The molecule has 0 unspecified atom stereocenters. The van der Waals surface area contributed by atoms with Gasteiger partial charge >= 0.3 is 0 Å². The van der Waals surface area contributed by atoms with Crippen LogP contribution in [0.2, 0.25) is 0 Å². The molecule has 6 nitrogen and oxygen atoms in total. The van der Waals surface area contributed by atoms with Crippen molar-refractivity contribution in [1.82, 2.24) is 0 Å². The van der Waals surface area contributed by atoms with Crippen LogP contribution in [0.15, 0.2) is 36.4 Å². The molecule has 0 aliphatic rings. The number of nitrogen functional groups attached to an aromatic ring is 1. The highest BCUT2D eigenvalue weighted by atomic mass is 16.5. The van der Waals surface area contributed by atoms with Gasteiger partial charge in [-0.3, -0.25) is 4.79 Å². The molecule has 0 saturated heterocycles. The van der Waals surface area contributed by atoms with Crippen molar-refractivity contribution in [2.75, 3.05) is 18.2 Å². The van der Waals surface area contributed by atoms with E-state index in [1.807, 2.05) is 0 Å². The molecule has 6 heteroatoms. The molecule has 0 aromatic heterocycles. The average Bonchev–Trinajstić information content (AvgIpc) is 2.43. The molecule has 20 heavy (non-hydrogen) atoms. The van der Waals surface area contributed by atoms with Crippen molar-refractivity contribution >= 4 is 17.3 Å². The Morgan fingerprint density at radius 3 is 2.50 bits per heavy atom. The molecule has 2 aromatic rings. The van der Waals surface area contributed by atoms with Crippen LogP contribution in [0.4, 0.5) is 11.4 Å². The van der Waals surface area contributed by atoms with E-state index in [1.165, 1.54) is 25.3 Å². The van der Waals surface area contributed by atoms with Gasteiger partial charge in [0, 0.05) is 11.6 Å². The van der Waals surface area contributed by atoms with E-state index in [-0.39, 0.29) is 17.1 Å². The van der Waals surface area contributed by atoms with Crippen LogP contribution in [-0.2, 0) is 0 Å². The van der Waals surface area contributed by atoms with Crippen molar-refractivity contribution in [2.24, 2.45) is 0 Å². The minimum atomic E-state index is -0.447. The Labute approximate surface area is 115 Å². The summed E-state index contributed by atoms with van der Waals surface area (Å²) in [5.41, 5.74) is 6.79. The van der Waals surface area contributed by atoms with E-state index in [1.54, 1.807) is 18.2 Å². The van der Waals surface area contributed by atoms with Crippen LogP contribution in [0, 0.1) is 0 Å². The van der Waals surface area contributed by atoms with Crippen molar-refractivity contribution in [1.29, 1.82) is 0 Å². The van der Waals surface area contributed by atoms with Gasteiger partial charge in [0.2, 0.25) is 0 Å². The molecular weight excluding hydrogens is 260 g/mol. The maximum Gasteiger partial charge on any atom is 0.255 e. The number of amides is 1. The fraction of sp³-hybridized carbons (Fsp3) is 0.0714. The molecular formula is C14H14N2O4. The quantitative estimate of drug-likeness (QED) is 0.505. The first-order valence-electron chi connectivity index (χ1n) is 5.78. The van der Waals surface area contributed by atoms with Gasteiger partial charge in [-0.2, -0.15) is 0 Å². The van der Waals surface area contributed by atoms with E-state index in [4.69, 9.17) is 10.5 Å². The minimum Gasteiger partial charge on any atom is -0.504 e. The molecule has 0 fully saturated rings. The molecule has 1 amide bonds. The number of phenolic OH excluding ortho intramolecular Hbond substituents is 2. The van der Waals surface area contributed by atoms with Crippen molar-refractivity contribution in [3.05, 3.63) is 42.0 Å². The molecule has 0 atom stereocenters. The Hall–Kier alpha value is -2.89. The van der Waals surface area contributed by atoms with Gasteiger partial charge in [0.05, 0.1) is 18.5 Å². The molecule has 0 spiro atoms. The Kier molecular flexibility index (Phi) is 3.65. The van der Waals surface area contributed by atoms with E-state index in [9.17, 15) is 15.0 Å². The van der Waals surface area contributed by atoms with Crippen molar-refractivity contribution < 1.29 is 19.7 Å². The molecule has 0 aliphatic heterocycles. The summed E-state index contributed by atoms with van der Waals surface area (Å²) in [6.45, 7) is 0. The molecule has 2 rings (SSSR count). The first-order chi connectivity index (χ1) is 9.51. The molecule has 104 valence electrons. The second-order valence-corrected chi connectivity index (χ2v) is 4.11. The summed E-state index contributed by atoms with van der Waals surface area (Å²) >= 11 is 0. The summed E-state index contributed by atoms with van der Waals surface area (Å²) in [5, 5.41) is 21.2. The lowest BCUT2D eigenvalue weighted by Crippen LogP contribution is -2.13. The number of phenols is 2. The predicted molar refractivity (Wildman–Crippen MR) is 75.1 cm³/mol. The number of carbonyl (C=O) groups excluding carboxylic acids is 1. The van der Waals surface area contributed by atoms with Crippen LogP contribution >= 0.6 is 0 Å². The fourth-order valence-corrected chi connectivity index (χ4v) is 1.64. The van der Waals surface area contributed by atoms with Gasteiger partial charge in [0.25, 0.3) is 5.91 Å². The molecule has 0 saturated carbocycles. The van der Waals surface area contributed by atoms with Gasteiger partial charge in [0.1, 0.15) is 5.75 Å². The van der Waals surface area contributed by atoms with Crippen LogP contribution in [0.3, 0.4) is 0 Å². The van der Waals surface area contributed by atoms with Crippen LogP contribution in [0.1, 0.15) is 10.4 Å². The smallest absolute Gasteiger partial charge is 0.255 e. The third kappa shape index (κ3) is 2.74.